The number of hydrogen-bond donors (Lipinski definition) is 4. The van der Waals surface area contributed by atoms with Gasteiger partial charge in [0, 0.05) is 43.0 Å². The molecule has 1 saturated heterocycles. The molecule has 4 N–H and O–H groups in total. The van der Waals surface area contributed by atoms with E-state index in [0.717, 1.165) is 13.8 Å². The van der Waals surface area contributed by atoms with E-state index in [4.69, 9.17) is 23.7 Å². The predicted octanol–water partition coefficient (Wildman–Crippen LogP) is 3.80. The largest absolute Gasteiger partial charge is 0.456 e. The summed E-state index contributed by atoms with van der Waals surface area (Å²) in [6, 6.07) is 16.6. The zero-order valence-electron chi connectivity index (χ0n) is 34.5. The van der Waals surface area contributed by atoms with Gasteiger partial charge in [0.2, 0.25) is 0 Å². The van der Waals surface area contributed by atoms with Crippen molar-refractivity contribution in [2.45, 2.75) is 108 Å². The third-order valence-electron chi connectivity index (χ3n) is 13.2. The predicted molar refractivity (Wildman–Crippen MR) is 216 cm³/mol. The summed E-state index contributed by atoms with van der Waals surface area (Å²) in [5, 5.41) is 43.3. The lowest BCUT2D eigenvalue weighted by atomic mass is 9.44. The van der Waals surface area contributed by atoms with Crippen molar-refractivity contribution >= 4 is 46.9 Å². The Morgan fingerprint density at radius 1 is 0.902 bits per heavy atom. The van der Waals surface area contributed by atoms with E-state index in [-0.39, 0.29) is 35.3 Å². The van der Waals surface area contributed by atoms with Gasteiger partial charge in [0.15, 0.2) is 23.6 Å². The molecule has 3 aliphatic carbocycles. The summed E-state index contributed by atoms with van der Waals surface area (Å²) in [7, 11) is 0. The number of ketones is 1. The van der Waals surface area contributed by atoms with Crippen LogP contribution in [0.15, 0.2) is 88.6 Å². The molecule has 0 spiro atoms. The minimum absolute atomic E-state index is 0.00251. The Bertz CT molecular complexity index is 2240. The van der Waals surface area contributed by atoms with Gasteiger partial charge >= 0.3 is 23.9 Å². The number of amides is 1. The number of thiophene rings is 1. The average molecular weight is 860 g/mol. The van der Waals surface area contributed by atoms with E-state index in [9.17, 15) is 39.3 Å². The molecule has 0 radical (unpaired) electrons. The van der Waals surface area contributed by atoms with Crippen molar-refractivity contribution in [1.29, 1.82) is 0 Å². The van der Waals surface area contributed by atoms with Crippen molar-refractivity contribution in [3.63, 3.8) is 0 Å². The van der Waals surface area contributed by atoms with E-state index in [2.05, 4.69) is 5.32 Å². The number of benzene rings is 2. The summed E-state index contributed by atoms with van der Waals surface area (Å²) in [5.41, 5.74) is -6.92. The molecule has 61 heavy (non-hydrogen) atoms. The van der Waals surface area contributed by atoms with Gasteiger partial charge < -0.3 is 44.3 Å². The first-order chi connectivity index (χ1) is 28.8. The molecule has 2 bridgehead atoms. The molecule has 4 aliphatic rings. The van der Waals surface area contributed by atoms with E-state index in [1.807, 2.05) is 0 Å². The van der Waals surface area contributed by atoms with E-state index >= 15 is 4.79 Å². The Labute approximate surface area is 356 Å². The SMILES string of the molecule is CC(=O)OC1C(=O)[C@@]2(C)[C@H]([C@H](OC(=O)c3ccsc3)[C@]3(O)C[C@H](OC(=O)[C@H](O)[C@@H](NC(=O)c4ccccc4)c4ccccc4)C(C)=C1C3(C)C)[C@]1(OC(C)=O)CO[C@@H]1C[C@@H]2O. The van der Waals surface area contributed by atoms with Crippen molar-refractivity contribution < 1.29 is 67.8 Å². The zero-order valence-corrected chi connectivity index (χ0v) is 35.3. The fourth-order valence-electron chi connectivity index (χ4n) is 9.99. The number of rotatable bonds is 10. The van der Waals surface area contributed by atoms with Gasteiger partial charge in [0.05, 0.1) is 35.6 Å². The molecule has 1 aromatic heterocycles. The Hall–Kier alpha value is -5.26. The number of esters is 4. The van der Waals surface area contributed by atoms with Gasteiger partial charge in [-0.15, -0.1) is 0 Å². The summed E-state index contributed by atoms with van der Waals surface area (Å²) in [5.74, 6) is -6.78. The molecule has 15 nitrogen and oxygen atoms in total. The second-order valence-electron chi connectivity index (χ2n) is 17.0. The molecule has 1 unspecified atom stereocenters. The highest BCUT2D eigenvalue weighted by Gasteiger charge is 2.78. The molecule has 2 heterocycles. The zero-order chi connectivity index (χ0) is 44.2. The van der Waals surface area contributed by atoms with Crippen molar-refractivity contribution in [1.82, 2.24) is 5.32 Å². The standard InChI is InChI=1S/C45H49NO14S/c1-23-29(58-41(54)34(50)33(26-13-9-7-10-14-26)46-39(52)27-15-11-8-12-16-27)20-45(55)38(59-40(53)28-17-18-61-21-28)36-43(6,30(49)19-31-44(36,22-56-31)60-25(3)48)37(51)35(57-24(2)47)32(23)42(45,4)5/h7-18,21,29-31,33-36,38,49-50,55H,19-20,22H2,1-6H3,(H,46,52)/t29-,30-,31+,33-,34+,35?,36-,38-,43+,44-,45+/m0/s1. The van der Waals surface area contributed by atoms with Gasteiger partial charge in [-0.05, 0) is 54.1 Å². The Kier molecular flexibility index (Phi) is 11.6. The van der Waals surface area contributed by atoms with Crippen molar-refractivity contribution in [3.8, 4) is 0 Å². The van der Waals surface area contributed by atoms with Crippen LogP contribution < -0.4 is 5.32 Å². The lowest BCUT2D eigenvalue weighted by Gasteiger charge is -2.67. The fourth-order valence-corrected chi connectivity index (χ4v) is 10.6. The quantitative estimate of drug-likeness (QED) is 0.130. The normalized spacial score (nSPS) is 32.2. The van der Waals surface area contributed by atoms with Crippen molar-refractivity contribution in [2.24, 2.45) is 16.7 Å². The smallest absolute Gasteiger partial charge is 0.339 e. The Balaban J connectivity index is 1.38. The average Bonchev–Trinajstić information content (AvgIpc) is 3.77. The molecule has 16 heteroatoms. The number of Topliss-reactive ketones (excluding diaryl/α,β-unsaturated/α-hetero) is 1. The summed E-state index contributed by atoms with van der Waals surface area (Å²) < 4.78 is 30.2. The topological polar surface area (TPSA) is 221 Å². The third-order valence-corrected chi connectivity index (χ3v) is 13.9. The van der Waals surface area contributed by atoms with Gasteiger partial charge in [0.1, 0.15) is 23.9 Å². The highest BCUT2D eigenvalue weighted by atomic mass is 32.1. The number of aliphatic hydroxyl groups is 3. The Morgan fingerprint density at radius 3 is 2.13 bits per heavy atom. The third kappa shape index (κ3) is 7.27. The highest BCUT2D eigenvalue weighted by Crippen LogP contribution is 2.64. The number of ether oxygens (including phenoxy) is 5. The number of aliphatic hydroxyl groups excluding tert-OH is 2. The lowest BCUT2D eigenvalue weighted by Crippen LogP contribution is -2.82. The maximum absolute atomic E-state index is 15.4. The van der Waals surface area contributed by atoms with Crippen LogP contribution in [0.1, 0.15) is 86.7 Å². The van der Waals surface area contributed by atoms with E-state index in [1.54, 1.807) is 79.9 Å². The first-order valence-corrected chi connectivity index (χ1v) is 20.9. The van der Waals surface area contributed by atoms with Crippen LogP contribution in [-0.4, -0.2) is 105 Å². The minimum atomic E-state index is -2.38. The highest BCUT2D eigenvalue weighted by molar-refractivity contribution is 7.08. The van der Waals surface area contributed by atoms with Crippen molar-refractivity contribution in [3.05, 3.63) is 105 Å². The van der Waals surface area contributed by atoms with Gasteiger partial charge in [-0.25, -0.2) is 9.59 Å². The number of carbonyl (C=O) groups excluding carboxylic acids is 6. The van der Waals surface area contributed by atoms with Crippen molar-refractivity contribution in [2.75, 3.05) is 6.61 Å². The van der Waals surface area contributed by atoms with Crippen LogP contribution in [0.2, 0.25) is 0 Å². The Morgan fingerprint density at radius 2 is 1.56 bits per heavy atom. The van der Waals surface area contributed by atoms with Gasteiger partial charge in [-0.2, -0.15) is 11.3 Å². The van der Waals surface area contributed by atoms with Crippen LogP contribution in [-0.2, 0) is 42.9 Å². The molecule has 2 aromatic carbocycles. The van der Waals surface area contributed by atoms with E-state index in [0.29, 0.717) is 5.56 Å². The van der Waals surface area contributed by atoms with Crippen LogP contribution >= 0.6 is 11.3 Å². The second-order valence-corrected chi connectivity index (χ2v) is 17.8. The molecule has 1 amide bonds. The van der Waals surface area contributed by atoms with Gasteiger partial charge in [-0.1, -0.05) is 62.4 Å². The molecule has 324 valence electrons. The van der Waals surface area contributed by atoms with Crippen LogP contribution in [0.4, 0.5) is 0 Å². The first kappa shape index (κ1) is 43.8. The number of carbonyl (C=O) groups is 6. The number of nitrogens with one attached hydrogen (secondary N) is 1. The van der Waals surface area contributed by atoms with E-state index < -0.39 is 113 Å². The maximum atomic E-state index is 15.4. The summed E-state index contributed by atoms with van der Waals surface area (Å²) in [6.07, 6.45) is -10.4. The van der Waals surface area contributed by atoms with Gasteiger partial charge in [0.25, 0.3) is 5.91 Å². The first-order valence-electron chi connectivity index (χ1n) is 19.9. The second kappa shape index (κ2) is 16.2. The van der Waals surface area contributed by atoms with Crippen LogP contribution in [0, 0.1) is 16.7 Å². The van der Waals surface area contributed by atoms with Crippen LogP contribution in [0.5, 0.6) is 0 Å². The summed E-state index contributed by atoms with van der Waals surface area (Å²) in [6.45, 7) is 7.99. The molecule has 3 fully saturated rings. The molecule has 7 rings (SSSR count). The van der Waals surface area contributed by atoms with Gasteiger partial charge in [-0.3, -0.25) is 19.2 Å². The molecule has 2 saturated carbocycles. The molecular formula is C45H49NO14S. The summed E-state index contributed by atoms with van der Waals surface area (Å²) >= 11 is 1.21. The number of hydrogen-bond acceptors (Lipinski definition) is 15. The fraction of sp³-hybridized carbons (Fsp3) is 0.467. The van der Waals surface area contributed by atoms with Crippen LogP contribution in [0.3, 0.4) is 0 Å². The van der Waals surface area contributed by atoms with Crippen LogP contribution in [0.25, 0.3) is 0 Å². The maximum Gasteiger partial charge on any atom is 0.339 e. The lowest BCUT2D eigenvalue weighted by molar-refractivity contribution is -0.346. The monoisotopic (exact) mass is 859 g/mol. The van der Waals surface area contributed by atoms with E-state index in [1.165, 1.54) is 36.6 Å². The molecular weight excluding hydrogens is 811 g/mol. The number of fused-ring (bicyclic) bond motifs is 5. The molecule has 3 aromatic rings. The molecule has 1 aliphatic heterocycles. The minimum Gasteiger partial charge on any atom is -0.456 e. The molecule has 11 atom stereocenters. The summed E-state index contributed by atoms with van der Waals surface area (Å²) in [4.78, 5) is 83.2.